The number of hydrogen-bond acceptors (Lipinski definition) is 3. The van der Waals surface area contributed by atoms with Crippen LogP contribution in [0.5, 0.6) is 0 Å². The van der Waals surface area contributed by atoms with E-state index in [4.69, 9.17) is 0 Å². The molecule has 1 N–H and O–H groups in total. The van der Waals surface area contributed by atoms with Gasteiger partial charge >= 0.3 is 0 Å². The second kappa shape index (κ2) is 5.32. The number of likely N-dealkylation sites (N-methyl/N-ethyl adjacent to an activating group) is 1. The number of anilines is 1. The third-order valence-corrected chi connectivity index (χ3v) is 4.64. The molecule has 15 heavy (non-hydrogen) atoms. The fourth-order valence-corrected chi connectivity index (χ4v) is 3.40. The van der Waals surface area contributed by atoms with Crippen molar-refractivity contribution < 1.29 is 0 Å². The lowest BCUT2D eigenvalue weighted by Gasteiger charge is -2.28. The zero-order valence-electron chi connectivity index (χ0n) is 9.00. The third kappa shape index (κ3) is 3.20. The van der Waals surface area contributed by atoms with Crippen molar-refractivity contribution in [2.24, 2.45) is 0 Å². The molecule has 0 spiro atoms. The highest BCUT2D eigenvalue weighted by Gasteiger charge is 2.15. The van der Waals surface area contributed by atoms with Crippen LogP contribution in [0.4, 0.5) is 5.00 Å². The Balaban J connectivity index is 1.88. The van der Waals surface area contributed by atoms with Crippen molar-refractivity contribution in [2.75, 3.05) is 25.0 Å². The lowest BCUT2D eigenvalue weighted by atomic mass is 10.0. The summed E-state index contributed by atoms with van der Waals surface area (Å²) >= 11 is 5.29. The van der Waals surface area contributed by atoms with Gasteiger partial charge in [-0.15, -0.1) is 11.3 Å². The quantitative estimate of drug-likeness (QED) is 0.920. The fourth-order valence-electron chi connectivity index (χ4n) is 2.00. The van der Waals surface area contributed by atoms with Crippen LogP contribution >= 0.6 is 27.3 Å². The number of rotatable bonds is 3. The van der Waals surface area contributed by atoms with Crippen LogP contribution in [0, 0.1) is 0 Å². The van der Waals surface area contributed by atoms with Crippen LogP contribution in [-0.4, -0.2) is 26.2 Å². The van der Waals surface area contributed by atoms with Crippen LogP contribution in [0.2, 0.25) is 0 Å². The molecule has 1 aliphatic rings. The van der Waals surface area contributed by atoms with Crippen LogP contribution in [0.15, 0.2) is 15.9 Å². The fraction of sp³-hybridized carbons (Fsp3) is 0.636. The van der Waals surface area contributed by atoms with E-state index in [2.05, 4.69) is 44.6 Å². The summed E-state index contributed by atoms with van der Waals surface area (Å²) in [7, 11) is 2.18. The van der Waals surface area contributed by atoms with Crippen molar-refractivity contribution in [1.82, 2.24) is 5.32 Å². The molecular formula is C11H17BrN2S. The first-order valence-corrected chi connectivity index (χ1v) is 7.11. The Bertz CT molecular complexity index is 307. The molecule has 4 heteroatoms. The van der Waals surface area contributed by atoms with Gasteiger partial charge in [-0.1, -0.05) is 6.42 Å². The summed E-state index contributed by atoms with van der Waals surface area (Å²) in [6.07, 6.45) is 4.03. The van der Waals surface area contributed by atoms with Gasteiger partial charge in [-0.3, -0.25) is 0 Å². The Kier molecular flexibility index (Phi) is 4.05. The molecule has 0 saturated carbocycles. The van der Waals surface area contributed by atoms with Crippen LogP contribution in [0.25, 0.3) is 0 Å². The van der Waals surface area contributed by atoms with E-state index >= 15 is 0 Å². The van der Waals surface area contributed by atoms with E-state index in [0.29, 0.717) is 6.04 Å². The van der Waals surface area contributed by atoms with Gasteiger partial charge in [-0.25, -0.2) is 0 Å². The van der Waals surface area contributed by atoms with Gasteiger partial charge in [0.15, 0.2) is 0 Å². The summed E-state index contributed by atoms with van der Waals surface area (Å²) in [5.41, 5.74) is 0. The monoisotopic (exact) mass is 288 g/mol. The van der Waals surface area contributed by atoms with Crippen molar-refractivity contribution in [3.05, 3.63) is 15.9 Å². The van der Waals surface area contributed by atoms with E-state index in [1.165, 1.54) is 35.3 Å². The van der Waals surface area contributed by atoms with Gasteiger partial charge in [0.05, 0.1) is 5.00 Å². The maximum atomic E-state index is 3.58. The lowest BCUT2D eigenvalue weighted by molar-refractivity contribution is 0.404. The Morgan fingerprint density at radius 2 is 2.47 bits per heavy atom. The van der Waals surface area contributed by atoms with Crippen molar-refractivity contribution in [3.63, 3.8) is 0 Å². The van der Waals surface area contributed by atoms with Crippen molar-refractivity contribution >= 4 is 32.3 Å². The highest BCUT2D eigenvalue weighted by Crippen LogP contribution is 2.27. The summed E-state index contributed by atoms with van der Waals surface area (Å²) in [6.45, 7) is 2.31. The molecule has 1 fully saturated rings. The average Bonchev–Trinajstić information content (AvgIpc) is 2.66. The van der Waals surface area contributed by atoms with E-state index in [9.17, 15) is 0 Å². The first-order valence-electron chi connectivity index (χ1n) is 5.44. The van der Waals surface area contributed by atoms with E-state index in [-0.39, 0.29) is 0 Å². The molecule has 1 unspecified atom stereocenters. The highest BCUT2D eigenvalue weighted by atomic mass is 79.9. The van der Waals surface area contributed by atoms with Gasteiger partial charge in [0.2, 0.25) is 0 Å². The van der Waals surface area contributed by atoms with Crippen molar-refractivity contribution in [1.29, 1.82) is 0 Å². The summed E-state index contributed by atoms with van der Waals surface area (Å²) in [6, 6.07) is 2.86. The smallest absolute Gasteiger partial charge is 0.0918 e. The number of piperidine rings is 1. The van der Waals surface area contributed by atoms with Gasteiger partial charge in [0, 0.05) is 29.5 Å². The third-order valence-electron chi connectivity index (χ3n) is 2.84. The number of thiophene rings is 1. The topological polar surface area (TPSA) is 15.3 Å². The summed E-state index contributed by atoms with van der Waals surface area (Å²) in [5, 5.41) is 7.06. The minimum Gasteiger partial charge on any atom is -0.365 e. The molecule has 0 radical (unpaired) electrons. The average molecular weight is 289 g/mol. The molecule has 1 aromatic rings. The molecular weight excluding hydrogens is 272 g/mol. The zero-order chi connectivity index (χ0) is 10.7. The van der Waals surface area contributed by atoms with Gasteiger partial charge in [-0.2, -0.15) is 0 Å². The van der Waals surface area contributed by atoms with E-state index < -0.39 is 0 Å². The Morgan fingerprint density at radius 1 is 1.60 bits per heavy atom. The molecule has 0 bridgehead atoms. The summed E-state index contributed by atoms with van der Waals surface area (Å²) < 4.78 is 1.19. The molecule has 0 aromatic carbocycles. The van der Waals surface area contributed by atoms with E-state index in [1.807, 2.05) is 0 Å². The molecule has 1 aromatic heterocycles. The van der Waals surface area contributed by atoms with E-state index in [1.54, 1.807) is 11.3 Å². The van der Waals surface area contributed by atoms with Crippen LogP contribution in [0.1, 0.15) is 19.3 Å². The molecule has 84 valence electrons. The standard InChI is InChI=1S/C11H17BrN2S/c1-14(11-6-9(12)8-15-11)7-10-4-2-3-5-13-10/h6,8,10,13H,2-5,7H2,1H3. The van der Waals surface area contributed by atoms with Gasteiger partial charge < -0.3 is 10.2 Å². The van der Waals surface area contributed by atoms with Gasteiger partial charge in [-0.05, 0) is 41.4 Å². The minimum atomic E-state index is 0.671. The molecule has 1 atom stereocenters. The highest BCUT2D eigenvalue weighted by molar-refractivity contribution is 9.10. The predicted molar refractivity (Wildman–Crippen MR) is 70.9 cm³/mol. The van der Waals surface area contributed by atoms with Gasteiger partial charge in [0.25, 0.3) is 0 Å². The molecule has 2 heterocycles. The normalized spacial score (nSPS) is 21.6. The minimum absolute atomic E-state index is 0.671. The largest absolute Gasteiger partial charge is 0.365 e. The Hall–Kier alpha value is -0.0600. The number of nitrogens with zero attached hydrogens (tertiary/aromatic N) is 1. The number of nitrogens with one attached hydrogen (secondary N) is 1. The molecule has 2 nitrogen and oxygen atoms in total. The molecule has 1 saturated heterocycles. The second-order valence-electron chi connectivity index (χ2n) is 4.13. The molecule has 2 rings (SSSR count). The first kappa shape index (κ1) is 11.4. The summed E-state index contributed by atoms with van der Waals surface area (Å²) in [4.78, 5) is 2.35. The lowest BCUT2D eigenvalue weighted by Crippen LogP contribution is -2.42. The van der Waals surface area contributed by atoms with Crippen LogP contribution in [-0.2, 0) is 0 Å². The van der Waals surface area contributed by atoms with Crippen LogP contribution in [0.3, 0.4) is 0 Å². The Labute approximate surface area is 104 Å². The first-order chi connectivity index (χ1) is 7.25. The summed E-state index contributed by atoms with van der Waals surface area (Å²) in [5.74, 6) is 0. The molecule has 0 aliphatic carbocycles. The molecule has 1 aliphatic heterocycles. The SMILES string of the molecule is CN(CC1CCCCN1)c1cc(Br)cs1. The predicted octanol–water partition coefficient (Wildman–Crippen LogP) is 3.09. The van der Waals surface area contributed by atoms with Gasteiger partial charge in [0.1, 0.15) is 0 Å². The Morgan fingerprint density at radius 3 is 3.07 bits per heavy atom. The van der Waals surface area contributed by atoms with E-state index in [0.717, 1.165) is 6.54 Å². The number of halogens is 1. The van der Waals surface area contributed by atoms with Crippen LogP contribution < -0.4 is 10.2 Å². The maximum absolute atomic E-state index is 3.58. The zero-order valence-corrected chi connectivity index (χ0v) is 11.4. The number of hydrogen-bond donors (Lipinski definition) is 1. The molecule has 0 amide bonds. The van der Waals surface area contributed by atoms with Crippen molar-refractivity contribution in [2.45, 2.75) is 25.3 Å². The van der Waals surface area contributed by atoms with Crippen molar-refractivity contribution in [3.8, 4) is 0 Å². The maximum Gasteiger partial charge on any atom is 0.0918 e. The second-order valence-corrected chi connectivity index (χ2v) is 5.94.